The first-order valence-electron chi connectivity index (χ1n) is 8.45. The van der Waals surface area contributed by atoms with Gasteiger partial charge in [-0.25, -0.2) is 0 Å². The lowest BCUT2D eigenvalue weighted by atomic mass is 10.2. The van der Waals surface area contributed by atoms with Gasteiger partial charge in [-0.15, -0.1) is 0 Å². The van der Waals surface area contributed by atoms with E-state index in [4.69, 9.17) is 14.7 Å². The molecule has 0 unspecified atom stereocenters. The van der Waals surface area contributed by atoms with Crippen molar-refractivity contribution in [1.29, 1.82) is 5.26 Å². The van der Waals surface area contributed by atoms with Crippen molar-refractivity contribution in [2.24, 2.45) is 0 Å². The fourth-order valence-electron chi connectivity index (χ4n) is 2.38. The van der Waals surface area contributed by atoms with E-state index < -0.39 is 6.10 Å². The highest BCUT2D eigenvalue weighted by molar-refractivity contribution is 5.94. The van der Waals surface area contributed by atoms with Gasteiger partial charge in [-0.2, -0.15) is 5.26 Å². The van der Waals surface area contributed by atoms with Crippen LogP contribution in [0.15, 0.2) is 78.9 Å². The van der Waals surface area contributed by atoms with Crippen LogP contribution in [0.3, 0.4) is 0 Å². The van der Waals surface area contributed by atoms with Gasteiger partial charge in [0.15, 0.2) is 6.10 Å². The molecular weight excluding hydrogens is 340 g/mol. The zero-order valence-corrected chi connectivity index (χ0v) is 14.8. The Morgan fingerprint density at radius 1 is 0.926 bits per heavy atom. The molecule has 3 aromatic carbocycles. The highest BCUT2D eigenvalue weighted by atomic mass is 16.5. The molecule has 5 nitrogen and oxygen atoms in total. The van der Waals surface area contributed by atoms with Gasteiger partial charge in [-0.1, -0.05) is 30.3 Å². The lowest BCUT2D eigenvalue weighted by molar-refractivity contribution is -0.122. The minimum Gasteiger partial charge on any atom is -0.480 e. The molecule has 0 saturated heterocycles. The Morgan fingerprint density at radius 2 is 1.56 bits per heavy atom. The van der Waals surface area contributed by atoms with Crippen molar-refractivity contribution in [3.63, 3.8) is 0 Å². The topological polar surface area (TPSA) is 71.3 Å². The third-order valence-corrected chi connectivity index (χ3v) is 3.78. The predicted octanol–water partition coefficient (Wildman–Crippen LogP) is 4.76. The molecule has 3 aromatic rings. The van der Waals surface area contributed by atoms with Crippen LogP contribution in [0.4, 0.5) is 5.69 Å². The van der Waals surface area contributed by atoms with Crippen LogP contribution in [0.5, 0.6) is 17.2 Å². The van der Waals surface area contributed by atoms with Crippen LogP contribution in [0.1, 0.15) is 12.5 Å². The normalized spacial score (nSPS) is 11.1. The van der Waals surface area contributed by atoms with Gasteiger partial charge in [0, 0.05) is 5.69 Å². The van der Waals surface area contributed by atoms with Crippen molar-refractivity contribution >= 4 is 11.6 Å². The molecule has 0 saturated carbocycles. The number of benzene rings is 3. The molecule has 1 atom stereocenters. The number of anilines is 1. The Labute approximate surface area is 157 Å². The molecule has 0 radical (unpaired) electrons. The maximum absolute atomic E-state index is 12.3. The third kappa shape index (κ3) is 4.86. The van der Waals surface area contributed by atoms with E-state index in [2.05, 4.69) is 5.32 Å². The summed E-state index contributed by atoms with van der Waals surface area (Å²) >= 11 is 0. The lowest BCUT2D eigenvalue weighted by Gasteiger charge is -2.15. The smallest absolute Gasteiger partial charge is 0.265 e. The van der Waals surface area contributed by atoms with E-state index >= 15 is 0 Å². The Bertz CT molecular complexity index is 947. The number of para-hydroxylation sites is 2. The average Bonchev–Trinajstić information content (AvgIpc) is 2.70. The van der Waals surface area contributed by atoms with Crippen molar-refractivity contribution in [3.05, 3.63) is 84.4 Å². The van der Waals surface area contributed by atoms with Crippen molar-refractivity contribution in [2.75, 3.05) is 5.32 Å². The SMILES string of the molecule is C[C@H](Oc1ccccc1C#N)C(=O)Nc1ccc(Oc2ccccc2)cc1. The quantitative estimate of drug-likeness (QED) is 0.690. The number of carbonyl (C=O) groups is 1. The van der Waals surface area contributed by atoms with E-state index in [0.717, 1.165) is 5.75 Å². The number of carbonyl (C=O) groups excluding carboxylic acids is 1. The molecule has 0 spiro atoms. The molecule has 0 bridgehead atoms. The number of hydrogen-bond acceptors (Lipinski definition) is 4. The minimum atomic E-state index is -0.750. The number of rotatable bonds is 6. The van der Waals surface area contributed by atoms with Gasteiger partial charge in [0.2, 0.25) is 0 Å². The second-order valence-corrected chi connectivity index (χ2v) is 5.80. The van der Waals surface area contributed by atoms with Crippen LogP contribution in [-0.2, 0) is 4.79 Å². The molecule has 0 aliphatic heterocycles. The number of nitrogens with one attached hydrogen (secondary N) is 1. The highest BCUT2D eigenvalue weighted by Crippen LogP contribution is 2.23. The molecule has 134 valence electrons. The van der Waals surface area contributed by atoms with E-state index in [-0.39, 0.29) is 5.91 Å². The van der Waals surface area contributed by atoms with E-state index in [0.29, 0.717) is 22.7 Å². The van der Waals surface area contributed by atoms with Gasteiger partial charge >= 0.3 is 0 Å². The van der Waals surface area contributed by atoms with Crippen LogP contribution in [0.2, 0.25) is 0 Å². The number of hydrogen-bond donors (Lipinski definition) is 1. The Morgan fingerprint density at radius 3 is 2.26 bits per heavy atom. The average molecular weight is 358 g/mol. The number of amides is 1. The Balaban J connectivity index is 1.59. The van der Waals surface area contributed by atoms with Crippen LogP contribution in [0.25, 0.3) is 0 Å². The van der Waals surface area contributed by atoms with Gasteiger partial charge in [-0.05, 0) is 55.5 Å². The van der Waals surface area contributed by atoms with E-state index in [1.165, 1.54) is 0 Å². The highest BCUT2D eigenvalue weighted by Gasteiger charge is 2.16. The van der Waals surface area contributed by atoms with E-state index in [1.807, 2.05) is 36.4 Å². The summed E-state index contributed by atoms with van der Waals surface area (Å²) in [6.07, 6.45) is -0.750. The zero-order chi connectivity index (χ0) is 19.1. The van der Waals surface area contributed by atoms with Gasteiger partial charge in [0.05, 0.1) is 5.56 Å². The van der Waals surface area contributed by atoms with Gasteiger partial charge < -0.3 is 14.8 Å². The maximum Gasteiger partial charge on any atom is 0.265 e. The predicted molar refractivity (Wildman–Crippen MR) is 103 cm³/mol. The van der Waals surface area contributed by atoms with Gasteiger partial charge in [-0.3, -0.25) is 4.79 Å². The summed E-state index contributed by atoms with van der Waals surface area (Å²) in [7, 11) is 0. The molecule has 5 heteroatoms. The van der Waals surface area contributed by atoms with Gasteiger partial charge in [0.25, 0.3) is 5.91 Å². The first kappa shape index (κ1) is 18.0. The fraction of sp³-hybridized carbons (Fsp3) is 0.0909. The fourth-order valence-corrected chi connectivity index (χ4v) is 2.38. The summed E-state index contributed by atoms with van der Waals surface area (Å²) in [5, 5.41) is 11.9. The van der Waals surface area contributed by atoms with Crippen molar-refractivity contribution in [1.82, 2.24) is 0 Å². The largest absolute Gasteiger partial charge is 0.480 e. The Kier molecular flexibility index (Phi) is 5.70. The van der Waals surface area contributed by atoms with Crippen LogP contribution in [0, 0.1) is 11.3 Å². The van der Waals surface area contributed by atoms with Crippen molar-refractivity contribution in [2.45, 2.75) is 13.0 Å². The van der Waals surface area contributed by atoms with Crippen LogP contribution >= 0.6 is 0 Å². The van der Waals surface area contributed by atoms with Gasteiger partial charge in [0.1, 0.15) is 23.3 Å². The molecule has 27 heavy (non-hydrogen) atoms. The van der Waals surface area contributed by atoms with Crippen LogP contribution in [-0.4, -0.2) is 12.0 Å². The second-order valence-electron chi connectivity index (χ2n) is 5.80. The maximum atomic E-state index is 12.3. The third-order valence-electron chi connectivity index (χ3n) is 3.78. The van der Waals surface area contributed by atoms with E-state index in [1.54, 1.807) is 55.5 Å². The summed E-state index contributed by atoms with van der Waals surface area (Å²) in [4.78, 5) is 12.3. The molecule has 1 N–H and O–H groups in total. The second kappa shape index (κ2) is 8.54. The minimum absolute atomic E-state index is 0.306. The molecule has 0 aliphatic rings. The number of nitrogens with zero attached hydrogens (tertiary/aromatic N) is 1. The molecular formula is C22H18N2O3. The standard InChI is InChI=1S/C22H18N2O3/c1-16(26-21-10-6-5-7-17(21)15-23)22(25)24-18-11-13-20(14-12-18)27-19-8-3-2-4-9-19/h2-14,16H,1H3,(H,24,25)/t16-/m0/s1. The summed E-state index contributed by atoms with van der Waals surface area (Å²) in [6.45, 7) is 1.64. The molecule has 3 rings (SSSR count). The Hall–Kier alpha value is -3.78. The summed E-state index contributed by atoms with van der Waals surface area (Å²) in [5.41, 5.74) is 1.02. The molecule has 0 aliphatic carbocycles. The first-order chi connectivity index (χ1) is 13.2. The summed E-state index contributed by atoms with van der Waals surface area (Å²) in [5.74, 6) is 1.49. The number of ether oxygens (including phenoxy) is 2. The zero-order valence-electron chi connectivity index (χ0n) is 14.8. The monoisotopic (exact) mass is 358 g/mol. The van der Waals surface area contributed by atoms with E-state index in [9.17, 15) is 4.79 Å². The summed E-state index contributed by atoms with van der Waals surface area (Å²) < 4.78 is 11.3. The van der Waals surface area contributed by atoms with Crippen LogP contribution < -0.4 is 14.8 Å². The molecule has 0 heterocycles. The first-order valence-corrected chi connectivity index (χ1v) is 8.45. The lowest BCUT2D eigenvalue weighted by Crippen LogP contribution is -2.30. The van der Waals surface area contributed by atoms with Crippen molar-refractivity contribution < 1.29 is 14.3 Å². The molecule has 0 aromatic heterocycles. The summed E-state index contributed by atoms with van der Waals surface area (Å²) in [6, 6.07) is 25.4. The molecule has 1 amide bonds. The number of nitriles is 1. The van der Waals surface area contributed by atoms with Crippen molar-refractivity contribution in [3.8, 4) is 23.3 Å². The molecule has 0 fully saturated rings.